The van der Waals surface area contributed by atoms with Gasteiger partial charge in [0.1, 0.15) is 0 Å². The molecule has 0 rings (SSSR count). The van der Waals surface area contributed by atoms with Gasteiger partial charge in [-0.2, -0.15) is 0 Å². The van der Waals surface area contributed by atoms with Crippen LogP contribution in [0.5, 0.6) is 0 Å². The Hall–Kier alpha value is 4.94. The Labute approximate surface area is 186 Å². The van der Waals surface area contributed by atoms with Gasteiger partial charge in [0.15, 0.2) is 0 Å². The Bertz CT molecular complexity index is 59.1. The average Bonchev–Trinajstić information content (AvgIpc) is 0.722. The van der Waals surface area contributed by atoms with Crippen LogP contribution >= 0.6 is 7.82 Å². The molecule has 0 aliphatic heterocycles. The van der Waals surface area contributed by atoms with E-state index in [1.807, 2.05) is 0 Å². The van der Waals surface area contributed by atoms with E-state index in [0.29, 0.717) is 0 Å². The zero-order valence-corrected chi connectivity index (χ0v) is 4.09. The van der Waals surface area contributed by atoms with Crippen LogP contribution in [-0.4, -0.2) is 180 Å². The third-order valence-electron chi connectivity index (χ3n) is 0. The molecule has 0 saturated carbocycles. The van der Waals surface area contributed by atoms with E-state index >= 15 is 0 Å². The maximum absolute atomic E-state index is 8.88. The first-order valence-corrected chi connectivity index (χ1v) is 2.35. The van der Waals surface area contributed by atoms with Gasteiger partial charge in [0.25, 0.3) is 0 Å². The zero-order chi connectivity index (χ0) is 4.50. The standard InChI is InChI=1S/3K.H3O4P.2H2O.3H/c;;;1-5(2,3)4;;;;;/h;;;(H3,1,2,3,4);2*1H2;;;. The molecule has 0 atom stereocenters. The zero-order valence-electron chi connectivity index (χ0n) is 3.20. The predicted octanol–water partition coefficient (Wildman–Crippen LogP) is -4.52. The summed E-state index contributed by atoms with van der Waals surface area (Å²) in [6, 6.07) is 0. The van der Waals surface area contributed by atoms with Crippen molar-refractivity contribution in [2.45, 2.75) is 0 Å². The van der Waals surface area contributed by atoms with Gasteiger partial charge in [0.2, 0.25) is 0 Å². The minimum atomic E-state index is -4.64. The van der Waals surface area contributed by atoms with Crippen LogP contribution in [0.15, 0.2) is 0 Å². The summed E-state index contributed by atoms with van der Waals surface area (Å²) in [7, 11) is -4.64. The van der Waals surface area contributed by atoms with Crippen LogP contribution in [0.3, 0.4) is 0 Å². The van der Waals surface area contributed by atoms with Crippen molar-refractivity contribution < 1.29 is 30.2 Å². The fourth-order valence-electron chi connectivity index (χ4n) is 0. The quantitative estimate of drug-likeness (QED) is 0.296. The van der Waals surface area contributed by atoms with Gasteiger partial charge in [0, 0.05) is 0 Å². The summed E-state index contributed by atoms with van der Waals surface area (Å²) >= 11 is 0. The van der Waals surface area contributed by atoms with E-state index in [9.17, 15) is 0 Å². The summed E-state index contributed by atoms with van der Waals surface area (Å²) < 4.78 is 8.88. The van der Waals surface area contributed by atoms with Crippen molar-refractivity contribution in [2.75, 3.05) is 0 Å². The molecule has 0 bridgehead atoms. The molecular formula is H10K3O6P. The molecule has 6 nitrogen and oxygen atoms in total. The first kappa shape index (κ1) is 36.3. The average molecular weight is 254 g/mol. The van der Waals surface area contributed by atoms with E-state index in [0.717, 1.165) is 0 Å². The molecule has 0 aromatic carbocycles. The number of hydrogen-bond acceptors (Lipinski definition) is 1. The van der Waals surface area contributed by atoms with Gasteiger partial charge in [-0.05, 0) is 0 Å². The van der Waals surface area contributed by atoms with Crippen molar-refractivity contribution in [1.29, 1.82) is 0 Å². The molecule has 0 heterocycles. The van der Waals surface area contributed by atoms with E-state index in [1.165, 1.54) is 0 Å². The normalized spacial score (nSPS) is 5.90. The number of rotatable bonds is 0. The van der Waals surface area contributed by atoms with Gasteiger partial charge < -0.3 is 25.6 Å². The third-order valence-corrected chi connectivity index (χ3v) is 0. The molecule has 0 unspecified atom stereocenters. The molecule has 10 heteroatoms. The number of phosphoric acid groups is 1. The Balaban J connectivity index is -0.00000000800. The minimum absolute atomic E-state index is 0. The van der Waals surface area contributed by atoms with Crippen LogP contribution in [0.2, 0.25) is 0 Å². The maximum atomic E-state index is 8.88. The van der Waals surface area contributed by atoms with Gasteiger partial charge in [-0.15, -0.1) is 0 Å². The number of hydrogen-bond donors (Lipinski definition) is 3. The molecule has 0 aliphatic rings. The first-order valence-electron chi connectivity index (χ1n) is 0.783. The monoisotopic (exact) mass is 254 g/mol. The van der Waals surface area contributed by atoms with Gasteiger partial charge in [-0.25, -0.2) is 4.57 Å². The topological polar surface area (TPSA) is 141 Å². The summed E-state index contributed by atoms with van der Waals surface area (Å²) in [5.74, 6) is 0. The van der Waals surface area contributed by atoms with Gasteiger partial charge in [-0.1, -0.05) is 0 Å². The Morgan fingerprint density at radius 2 is 0.800 bits per heavy atom. The van der Waals surface area contributed by atoms with Crippen molar-refractivity contribution in [3.63, 3.8) is 0 Å². The van der Waals surface area contributed by atoms with E-state index in [-0.39, 0.29) is 165 Å². The van der Waals surface area contributed by atoms with Crippen molar-refractivity contribution in [3.05, 3.63) is 0 Å². The second-order valence-corrected chi connectivity index (χ2v) is 1.54. The molecular weight excluding hydrogens is 244 g/mol. The molecule has 0 aromatic rings. The van der Waals surface area contributed by atoms with Gasteiger partial charge in [-0.3, -0.25) is 0 Å². The second kappa shape index (κ2) is 19.5. The van der Waals surface area contributed by atoms with Crippen molar-refractivity contribution in [2.24, 2.45) is 0 Å². The molecule has 10 heavy (non-hydrogen) atoms. The van der Waals surface area contributed by atoms with Crippen LogP contribution in [0.4, 0.5) is 0 Å². The molecule has 7 N–H and O–H groups in total. The summed E-state index contributed by atoms with van der Waals surface area (Å²) in [5, 5.41) is 0. The Kier molecular flexibility index (Phi) is 70.8. The molecule has 0 saturated heterocycles. The molecule has 0 amide bonds. The first-order chi connectivity index (χ1) is 2.00. The van der Waals surface area contributed by atoms with E-state index in [2.05, 4.69) is 0 Å². The second-order valence-electron chi connectivity index (χ2n) is 0.513. The van der Waals surface area contributed by atoms with E-state index < -0.39 is 7.82 Å². The molecule has 0 radical (unpaired) electrons. The Morgan fingerprint density at radius 3 is 0.800 bits per heavy atom. The summed E-state index contributed by atoms with van der Waals surface area (Å²) in [5.41, 5.74) is 0. The van der Waals surface area contributed by atoms with E-state index in [4.69, 9.17) is 19.2 Å². The predicted molar refractivity (Wildman–Crippen MR) is 42.9 cm³/mol. The fraction of sp³-hybridized carbons (Fsp3) is 0. The fourth-order valence-corrected chi connectivity index (χ4v) is 0. The SMILES string of the molecule is O.O.O=P(O)(O)O.[KH].[KH].[KH]. The van der Waals surface area contributed by atoms with Crippen LogP contribution in [0, 0.1) is 0 Å². The van der Waals surface area contributed by atoms with Crippen LogP contribution in [-0.2, 0) is 4.57 Å². The molecule has 0 spiro atoms. The Morgan fingerprint density at radius 1 is 0.800 bits per heavy atom. The third kappa shape index (κ3) is 75.6. The van der Waals surface area contributed by atoms with Crippen LogP contribution in [0.1, 0.15) is 0 Å². The van der Waals surface area contributed by atoms with Crippen molar-refractivity contribution in [1.82, 2.24) is 0 Å². The molecule has 0 fully saturated rings. The summed E-state index contributed by atoms with van der Waals surface area (Å²) in [6.45, 7) is 0. The van der Waals surface area contributed by atoms with Crippen molar-refractivity contribution in [3.8, 4) is 0 Å². The summed E-state index contributed by atoms with van der Waals surface area (Å²) in [6.07, 6.45) is 0. The van der Waals surface area contributed by atoms with Crippen molar-refractivity contribution >= 4 is 162 Å². The van der Waals surface area contributed by atoms with Gasteiger partial charge in [0.05, 0.1) is 0 Å². The molecule has 0 aromatic heterocycles. The van der Waals surface area contributed by atoms with Crippen LogP contribution < -0.4 is 0 Å². The van der Waals surface area contributed by atoms with Crippen LogP contribution in [0.25, 0.3) is 0 Å². The van der Waals surface area contributed by atoms with Gasteiger partial charge >= 0.3 is 162 Å². The summed E-state index contributed by atoms with van der Waals surface area (Å²) in [4.78, 5) is 21.6. The van der Waals surface area contributed by atoms with E-state index in [1.54, 1.807) is 0 Å². The molecule has 0 aliphatic carbocycles. The molecule has 54 valence electrons.